The van der Waals surface area contributed by atoms with E-state index in [1.807, 2.05) is 4.90 Å². The van der Waals surface area contributed by atoms with Crippen LogP contribution in [0.3, 0.4) is 0 Å². The minimum Gasteiger partial charge on any atom is -0.343 e. The smallest absolute Gasteiger partial charge is 0.222 e. The highest BCUT2D eigenvalue weighted by atomic mass is 16.2. The van der Waals surface area contributed by atoms with Crippen molar-refractivity contribution in [1.29, 1.82) is 0 Å². The van der Waals surface area contributed by atoms with Crippen LogP contribution in [0.5, 0.6) is 0 Å². The molecule has 0 saturated carbocycles. The van der Waals surface area contributed by atoms with Crippen LogP contribution < -0.4 is 5.73 Å². The highest BCUT2D eigenvalue weighted by Crippen LogP contribution is 2.15. The third kappa shape index (κ3) is 3.80. The molecule has 19 heavy (non-hydrogen) atoms. The van der Waals surface area contributed by atoms with Crippen molar-refractivity contribution >= 4 is 5.91 Å². The number of benzene rings is 1. The molecule has 2 N–H and O–H groups in total. The Hall–Kier alpha value is -1.35. The van der Waals surface area contributed by atoms with Gasteiger partial charge in [-0.15, -0.1) is 0 Å². The van der Waals surface area contributed by atoms with Gasteiger partial charge in [-0.25, -0.2) is 0 Å². The Kier molecular flexibility index (Phi) is 4.59. The Morgan fingerprint density at radius 1 is 1.32 bits per heavy atom. The molecule has 3 heteroatoms. The highest BCUT2D eigenvalue weighted by molar-refractivity contribution is 5.76. The molecule has 0 bridgehead atoms. The minimum atomic E-state index is 0.270. The molecule has 0 aliphatic carbocycles. The van der Waals surface area contributed by atoms with Gasteiger partial charge in [-0.2, -0.15) is 0 Å². The lowest BCUT2D eigenvalue weighted by molar-refractivity contribution is -0.132. The first-order chi connectivity index (χ1) is 9.06. The van der Waals surface area contributed by atoms with Crippen molar-refractivity contribution in [3.05, 3.63) is 34.9 Å². The number of amides is 1. The maximum absolute atomic E-state index is 12.1. The van der Waals surface area contributed by atoms with Crippen LogP contribution in [0.1, 0.15) is 36.0 Å². The highest BCUT2D eigenvalue weighted by Gasteiger charge is 2.20. The number of piperidine rings is 1. The number of nitrogens with zero attached hydrogens (tertiary/aromatic N) is 1. The first kappa shape index (κ1) is 14.1. The van der Waals surface area contributed by atoms with Gasteiger partial charge < -0.3 is 10.6 Å². The molecule has 1 amide bonds. The van der Waals surface area contributed by atoms with Crippen LogP contribution in [0.2, 0.25) is 0 Å². The maximum Gasteiger partial charge on any atom is 0.222 e. The normalized spacial score (nSPS) is 16.7. The van der Waals surface area contributed by atoms with E-state index in [1.54, 1.807) is 0 Å². The Morgan fingerprint density at radius 3 is 2.63 bits per heavy atom. The fraction of sp³-hybridized carbons (Fsp3) is 0.562. The molecule has 1 aliphatic rings. The molecule has 1 aromatic carbocycles. The molecule has 1 fully saturated rings. The number of carbonyl (C=O) groups excluding carboxylic acids is 1. The molecule has 1 aromatic rings. The minimum absolute atomic E-state index is 0.270. The van der Waals surface area contributed by atoms with Crippen molar-refractivity contribution in [1.82, 2.24) is 4.90 Å². The lowest BCUT2D eigenvalue weighted by Gasteiger charge is -2.30. The summed E-state index contributed by atoms with van der Waals surface area (Å²) < 4.78 is 0. The summed E-state index contributed by atoms with van der Waals surface area (Å²) in [6, 6.07) is 6.72. The molecule has 0 radical (unpaired) electrons. The van der Waals surface area contributed by atoms with Crippen molar-refractivity contribution in [3.63, 3.8) is 0 Å². The SMILES string of the molecule is Cc1ccc(CCC(=O)N2CCC(N)CC2)c(C)c1. The van der Waals surface area contributed by atoms with Gasteiger partial charge in [0.1, 0.15) is 0 Å². The molecule has 0 spiro atoms. The second kappa shape index (κ2) is 6.20. The van der Waals surface area contributed by atoms with Crippen molar-refractivity contribution in [3.8, 4) is 0 Å². The Morgan fingerprint density at radius 2 is 2.00 bits per heavy atom. The topological polar surface area (TPSA) is 46.3 Å². The quantitative estimate of drug-likeness (QED) is 0.905. The summed E-state index contributed by atoms with van der Waals surface area (Å²) in [4.78, 5) is 14.1. The van der Waals surface area contributed by atoms with Gasteiger partial charge >= 0.3 is 0 Å². The maximum atomic E-state index is 12.1. The average molecular weight is 260 g/mol. The van der Waals surface area contributed by atoms with Crippen LogP contribution in [0.4, 0.5) is 0 Å². The van der Waals surface area contributed by atoms with Crippen molar-refractivity contribution in [2.45, 2.75) is 45.6 Å². The van der Waals surface area contributed by atoms with Crippen molar-refractivity contribution < 1.29 is 4.79 Å². The molecular weight excluding hydrogens is 236 g/mol. The van der Waals surface area contributed by atoms with Gasteiger partial charge in [0.2, 0.25) is 5.91 Å². The third-order valence-corrected chi connectivity index (χ3v) is 4.00. The molecule has 104 valence electrons. The van der Waals surface area contributed by atoms with E-state index in [1.165, 1.54) is 16.7 Å². The van der Waals surface area contributed by atoms with Crippen molar-refractivity contribution in [2.75, 3.05) is 13.1 Å². The second-order valence-corrected chi connectivity index (χ2v) is 5.65. The first-order valence-corrected chi connectivity index (χ1v) is 7.16. The Balaban J connectivity index is 1.86. The van der Waals surface area contributed by atoms with Crippen LogP contribution in [-0.4, -0.2) is 29.9 Å². The van der Waals surface area contributed by atoms with E-state index < -0.39 is 0 Å². The van der Waals surface area contributed by atoms with Crippen LogP contribution in [0, 0.1) is 13.8 Å². The summed E-state index contributed by atoms with van der Waals surface area (Å²) in [5, 5.41) is 0. The van der Waals surface area contributed by atoms with E-state index in [4.69, 9.17) is 5.73 Å². The number of hydrogen-bond donors (Lipinski definition) is 1. The number of carbonyl (C=O) groups is 1. The van der Waals surface area contributed by atoms with Crippen molar-refractivity contribution in [2.24, 2.45) is 5.73 Å². The Bertz CT molecular complexity index is 448. The summed E-state index contributed by atoms with van der Waals surface area (Å²) >= 11 is 0. The molecule has 1 aliphatic heterocycles. The van der Waals surface area contributed by atoms with E-state index in [2.05, 4.69) is 32.0 Å². The largest absolute Gasteiger partial charge is 0.343 e. The summed E-state index contributed by atoms with van der Waals surface area (Å²) in [6.07, 6.45) is 3.33. The van der Waals surface area contributed by atoms with E-state index in [9.17, 15) is 4.79 Å². The van der Waals surface area contributed by atoms with Gasteiger partial charge in [0.25, 0.3) is 0 Å². The molecule has 0 unspecified atom stereocenters. The zero-order valence-electron chi connectivity index (χ0n) is 12.0. The van der Waals surface area contributed by atoms with Gasteiger partial charge in [-0.1, -0.05) is 23.8 Å². The molecule has 0 aromatic heterocycles. The van der Waals surface area contributed by atoms with Gasteiger partial charge in [0, 0.05) is 25.6 Å². The predicted molar refractivity (Wildman–Crippen MR) is 78.0 cm³/mol. The second-order valence-electron chi connectivity index (χ2n) is 5.65. The van der Waals surface area contributed by atoms with Gasteiger partial charge in [-0.3, -0.25) is 4.79 Å². The standard InChI is InChI=1S/C16H24N2O/c1-12-3-4-14(13(2)11-12)5-6-16(19)18-9-7-15(17)8-10-18/h3-4,11,15H,5-10,17H2,1-2H3. The monoisotopic (exact) mass is 260 g/mol. The Labute approximate surface area is 115 Å². The van der Waals surface area contributed by atoms with Crippen LogP contribution in [-0.2, 0) is 11.2 Å². The summed E-state index contributed by atoms with van der Waals surface area (Å²) in [5.74, 6) is 0.270. The lowest BCUT2D eigenvalue weighted by Crippen LogP contribution is -2.42. The molecule has 3 nitrogen and oxygen atoms in total. The van der Waals surface area contributed by atoms with Crippen LogP contribution in [0.25, 0.3) is 0 Å². The predicted octanol–water partition coefficient (Wildman–Crippen LogP) is 2.19. The summed E-state index contributed by atoms with van der Waals surface area (Å²) in [6.45, 7) is 5.87. The van der Waals surface area contributed by atoms with E-state index in [0.29, 0.717) is 6.42 Å². The zero-order valence-corrected chi connectivity index (χ0v) is 12.0. The third-order valence-electron chi connectivity index (χ3n) is 4.00. The number of aryl methyl sites for hydroxylation is 3. The van der Waals surface area contributed by atoms with Crippen LogP contribution >= 0.6 is 0 Å². The lowest BCUT2D eigenvalue weighted by atomic mass is 10.0. The summed E-state index contributed by atoms with van der Waals surface area (Å²) in [7, 11) is 0. The first-order valence-electron chi connectivity index (χ1n) is 7.16. The number of likely N-dealkylation sites (tertiary alicyclic amines) is 1. The van der Waals surface area contributed by atoms with Gasteiger partial charge in [0.15, 0.2) is 0 Å². The fourth-order valence-corrected chi connectivity index (χ4v) is 2.67. The summed E-state index contributed by atoms with van der Waals surface area (Å²) in [5.41, 5.74) is 9.70. The van der Waals surface area contributed by atoms with E-state index in [0.717, 1.165) is 32.4 Å². The zero-order chi connectivity index (χ0) is 13.8. The van der Waals surface area contributed by atoms with Crippen LogP contribution in [0.15, 0.2) is 18.2 Å². The van der Waals surface area contributed by atoms with E-state index in [-0.39, 0.29) is 11.9 Å². The molecule has 1 saturated heterocycles. The molecule has 1 heterocycles. The van der Waals surface area contributed by atoms with E-state index >= 15 is 0 Å². The average Bonchev–Trinajstić information content (AvgIpc) is 2.38. The fourth-order valence-electron chi connectivity index (χ4n) is 2.67. The number of hydrogen-bond acceptors (Lipinski definition) is 2. The van der Waals surface area contributed by atoms with Gasteiger partial charge in [-0.05, 0) is 44.2 Å². The molecule has 0 atom stereocenters. The number of nitrogens with two attached hydrogens (primary N) is 1. The molecular formula is C16H24N2O. The van der Waals surface area contributed by atoms with Gasteiger partial charge in [0.05, 0.1) is 0 Å². The molecule has 2 rings (SSSR count). The number of rotatable bonds is 3.